The van der Waals surface area contributed by atoms with E-state index in [0.29, 0.717) is 19.5 Å². The van der Waals surface area contributed by atoms with Crippen LogP contribution in [0.1, 0.15) is 34.6 Å². The van der Waals surface area contributed by atoms with E-state index < -0.39 is 0 Å². The molecule has 2 heterocycles. The normalized spacial score (nSPS) is 10.6. The smallest absolute Gasteiger partial charge is 0.315 e. The van der Waals surface area contributed by atoms with Crippen LogP contribution in [0.15, 0.2) is 9.90 Å². The quantitative estimate of drug-likeness (QED) is 0.858. The molecule has 0 saturated heterocycles. The number of amides is 2. The Kier molecular flexibility index (Phi) is 5.32. The molecule has 2 aromatic heterocycles. The Bertz CT molecular complexity index is 586. The summed E-state index contributed by atoms with van der Waals surface area (Å²) in [6, 6.07) is -0.187. The molecular weight excluding hydrogens is 288 g/mol. The lowest BCUT2D eigenvalue weighted by Gasteiger charge is -2.06. The monoisotopic (exact) mass is 308 g/mol. The van der Waals surface area contributed by atoms with Gasteiger partial charge < -0.3 is 15.2 Å². The summed E-state index contributed by atoms with van der Waals surface area (Å²) in [5, 5.41) is 12.6. The van der Waals surface area contributed by atoms with Gasteiger partial charge in [-0.3, -0.25) is 0 Å². The average Bonchev–Trinajstić information content (AvgIpc) is 3.06. The van der Waals surface area contributed by atoms with Gasteiger partial charge in [0.15, 0.2) is 0 Å². The van der Waals surface area contributed by atoms with Crippen molar-refractivity contribution in [1.82, 2.24) is 20.8 Å². The first-order valence-corrected chi connectivity index (χ1v) is 7.84. The van der Waals surface area contributed by atoms with E-state index >= 15 is 0 Å². The summed E-state index contributed by atoms with van der Waals surface area (Å²) in [4.78, 5) is 16.1. The van der Waals surface area contributed by atoms with Crippen molar-refractivity contribution in [3.63, 3.8) is 0 Å². The highest BCUT2D eigenvalue weighted by Crippen LogP contribution is 2.12. The molecule has 21 heavy (non-hydrogen) atoms. The van der Waals surface area contributed by atoms with E-state index in [0.717, 1.165) is 34.1 Å². The van der Waals surface area contributed by atoms with Gasteiger partial charge in [-0.2, -0.15) is 0 Å². The van der Waals surface area contributed by atoms with E-state index in [1.807, 2.05) is 19.2 Å². The van der Waals surface area contributed by atoms with Crippen molar-refractivity contribution in [2.24, 2.45) is 0 Å². The summed E-state index contributed by atoms with van der Waals surface area (Å²) in [7, 11) is 0. The summed E-state index contributed by atoms with van der Waals surface area (Å²) in [5.41, 5.74) is 2.84. The topological polar surface area (TPSA) is 80.0 Å². The van der Waals surface area contributed by atoms with Gasteiger partial charge in [-0.15, -0.1) is 11.3 Å². The third-order valence-corrected chi connectivity index (χ3v) is 4.22. The molecule has 0 fully saturated rings. The molecule has 0 saturated carbocycles. The second kappa shape index (κ2) is 7.21. The molecule has 0 aliphatic carbocycles. The number of urea groups is 1. The zero-order chi connectivity index (χ0) is 15.2. The number of nitrogens with zero attached hydrogens (tertiary/aromatic N) is 2. The summed E-state index contributed by atoms with van der Waals surface area (Å²) in [5.74, 6) is 0.810. The first kappa shape index (κ1) is 15.5. The molecule has 0 aromatic carbocycles. The van der Waals surface area contributed by atoms with Crippen LogP contribution in [0, 0.1) is 13.8 Å². The predicted octanol–water partition coefficient (Wildman–Crippen LogP) is 2.35. The molecule has 0 spiro atoms. The number of aromatic nitrogens is 2. The van der Waals surface area contributed by atoms with E-state index in [1.54, 1.807) is 11.3 Å². The van der Waals surface area contributed by atoms with Crippen LogP contribution < -0.4 is 10.6 Å². The Labute approximate surface area is 127 Å². The van der Waals surface area contributed by atoms with Crippen molar-refractivity contribution in [3.8, 4) is 0 Å². The SMILES string of the molecule is CCc1nc(CNC(=O)NCCc2c(C)noc2C)cs1. The van der Waals surface area contributed by atoms with Crippen LogP contribution in [0.25, 0.3) is 0 Å². The van der Waals surface area contributed by atoms with Crippen molar-refractivity contribution in [2.45, 2.75) is 40.2 Å². The highest BCUT2D eigenvalue weighted by atomic mass is 32.1. The summed E-state index contributed by atoms with van der Waals surface area (Å²) in [6.07, 6.45) is 1.64. The Morgan fingerprint density at radius 1 is 1.38 bits per heavy atom. The number of carbonyl (C=O) groups excluding carboxylic acids is 1. The Morgan fingerprint density at radius 2 is 2.19 bits per heavy atom. The van der Waals surface area contributed by atoms with E-state index in [9.17, 15) is 4.79 Å². The van der Waals surface area contributed by atoms with Gasteiger partial charge in [0, 0.05) is 17.5 Å². The standard InChI is InChI=1S/C14H20N4O2S/c1-4-13-17-11(8-21-13)7-16-14(19)15-6-5-12-9(2)18-20-10(12)3/h8H,4-7H2,1-3H3,(H2,15,16,19). The zero-order valence-corrected chi connectivity index (χ0v) is 13.3. The molecule has 0 radical (unpaired) electrons. The number of rotatable bonds is 6. The fourth-order valence-corrected chi connectivity index (χ4v) is 2.73. The molecule has 0 aliphatic heterocycles. The predicted molar refractivity (Wildman–Crippen MR) is 81.4 cm³/mol. The minimum atomic E-state index is -0.187. The average molecular weight is 308 g/mol. The molecule has 0 bridgehead atoms. The fraction of sp³-hybridized carbons (Fsp3) is 0.500. The summed E-state index contributed by atoms with van der Waals surface area (Å²) < 4.78 is 5.09. The van der Waals surface area contributed by atoms with E-state index in [1.165, 1.54) is 0 Å². The van der Waals surface area contributed by atoms with Crippen LogP contribution in [0.4, 0.5) is 4.79 Å². The van der Waals surface area contributed by atoms with Crippen LogP contribution in [-0.4, -0.2) is 22.7 Å². The minimum Gasteiger partial charge on any atom is -0.361 e. The van der Waals surface area contributed by atoms with Gasteiger partial charge in [0.1, 0.15) is 5.76 Å². The van der Waals surface area contributed by atoms with Gasteiger partial charge in [-0.1, -0.05) is 12.1 Å². The van der Waals surface area contributed by atoms with Crippen molar-refractivity contribution in [3.05, 3.63) is 33.1 Å². The van der Waals surface area contributed by atoms with Crippen molar-refractivity contribution in [2.75, 3.05) is 6.54 Å². The van der Waals surface area contributed by atoms with Gasteiger partial charge in [-0.05, 0) is 26.7 Å². The van der Waals surface area contributed by atoms with Gasteiger partial charge in [0.05, 0.1) is 22.9 Å². The van der Waals surface area contributed by atoms with Gasteiger partial charge in [-0.25, -0.2) is 9.78 Å². The number of hydrogen-bond donors (Lipinski definition) is 2. The zero-order valence-electron chi connectivity index (χ0n) is 12.5. The molecular formula is C14H20N4O2S. The van der Waals surface area contributed by atoms with Crippen LogP contribution in [0.2, 0.25) is 0 Å². The van der Waals surface area contributed by atoms with Crippen LogP contribution in [-0.2, 0) is 19.4 Å². The van der Waals surface area contributed by atoms with Gasteiger partial charge in [0.25, 0.3) is 0 Å². The number of carbonyl (C=O) groups is 1. The molecule has 114 valence electrons. The molecule has 2 rings (SSSR count). The lowest BCUT2D eigenvalue weighted by molar-refractivity contribution is 0.240. The third kappa shape index (κ3) is 4.29. The summed E-state index contributed by atoms with van der Waals surface area (Å²) >= 11 is 1.62. The fourth-order valence-electron chi connectivity index (χ4n) is 1.99. The number of aryl methyl sites for hydroxylation is 3. The van der Waals surface area contributed by atoms with Crippen LogP contribution >= 0.6 is 11.3 Å². The number of thiazole rings is 1. The van der Waals surface area contributed by atoms with Gasteiger partial charge in [0.2, 0.25) is 0 Å². The Hall–Kier alpha value is -1.89. The second-order valence-electron chi connectivity index (χ2n) is 4.75. The van der Waals surface area contributed by atoms with Crippen molar-refractivity contribution in [1.29, 1.82) is 0 Å². The Balaban J connectivity index is 1.70. The molecule has 0 atom stereocenters. The van der Waals surface area contributed by atoms with E-state index in [2.05, 4.69) is 27.7 Å². The molecule has 2 aromatic rings. The summed E-state index contributed by atoms with van der Waals surface area (Å²) in [6.45, 7) is 6.85. The van der Waals surface area contributed by atoms with Crippen LogP contribution in [0.5, 0.6) is 0 Å². The maximum absolute atomic E-state index is 11.7. The number of hydrogen-bond acceptors (Lipinski definition) is 5. The van der Waals surface area contributed by atoms with E-state index in [4.69, 9.17) is 4.52 Å². The second-order valence-corrected chi connectivity index (χ2v) is 5.69. The Morgan fingerprint density at radius 3 is 2.81 bits per heavy atom. The number of nitrogens with one attached hydrogen (secondary N) is 2. The first-order valence-electron chi connectivity index (χ1n) is 6.97. The molecule has 0 aliphatic rings. The first-order chi connectivity index (χ1) is 10.1. The third-order valence-electron chi connectivity index (χ3n) is 3.17. The van der Waals surface area contributed by atoms with Gasteiger partial charge >= 0.3 is 6.03 Å². The molecule has 6 nitrogen and oxygen atoms in total. The van der Waals surface area contributed by atoms with Crippen molar-refractivity contribution < 1.29 is 9.32 Å². The molecule has 7 heteroatoms. The van der Waals surface area contributed by atoms with Crippen LogP contribution in [0.3, 0.4) is 0 Å². The van der Waals surface area contributed by atoms with Crippen molar-refractivity contribution >= 4 is 17.4 Å². The molecule has 0 unspecified atom stereocenters. The maximum Gasteiger partial charge on any atom is 0.315 e. The molecule has 2 N–H and O–H groups in total. The largest absolute Gasteiger partial charge is 0.361 e. The lowest BCUT2D eigenvalue weighted by Crippen LogP contribution is -2.36. The minimum absolute atomic E-state index is 0.187. The maximum atomic E-state index is 11.7. The molecule has 2 amide bonds. The lowest BCUT2D eigenvalue weighted by atomic mass is 10.1. The highest BCUT2D eigenvalue weighted by molar-refractivity contribution is 7.09. The van der Waals surface area contributed by atoms with E-state index in [-0.39, 0.29) is 6.03 Å². The highest BCUT2D eigenvalue weighted by Gasteiger charge is 2.09.